The molecule has 1 aromatic carbocycles. The van der Waals surface area contributed by atoms with E-state index < -0.39 is 11.7 Å². The molecule has 2 rings (SSSR count). The van der Waals surface area contributed by atoms with E-state index in [4.69, 9.17) is 9.15 Å². The number of nitrogens with one attached hydrogen (secondary N) is 1. The van der Waals surface area contributed by atoms with E-state index >= 15 is 0 Å². The van der Waals surface area contributed by atoms with Gasteiger partial charge in [-0.1, -0.05) is 18.2 Å². The van der Waals surface area contributed by atoms with Gasteiger partial charge in [-0.05, 0) is 39.8 Å². The molecule has 0 bridgehead atoms. The summed E-state index contributed by atoms with van der Waals surface area (Å²) >= 11 is 0. The molecule has 0 fully saturated rings. The van der Waals surface area contributed by atoms with Crippen LogP contribution in [0, 0.1) is 0 Å². The molecule has 1 N–H and O–H groups in total. The molecule has 0 unspecified atom stereocenters. The Kier molecular flexibility index (Phi) is 3.79. The van der Waals surface area contributed by atoms with Gasteiger partial charge >= 0.3 is 6.09 Å². The number of hydrogen-bond acceptors (Lipinski definition) is 4. The first-order chi connectivity index (χ1) is 9.35. The zero-order chi connectivity index (χ0) is 14.8. The molecule has 0 saturated heterocycles. The minimum Gasteiger partial charge on any atom is -0.455 e. The van der Waals surface area contributed by atoms with E-state index in [9.17, 15) is 4.79 Å². The maximum absolute atomic E-state index is 11.5. The van der Waals surface area contributed by atoms with Gasteiger partial charge in [0.05, 0.1) is 0 Å². The lowest BCUT2D eigenvalue weighted by molar-refractivity contribution is 0.0529. The second kappa shape index (κ2) is 5.36. The van der Waals surface area contributed by atoms with Gasteiger partial charge in [0.15, 0.2) is 5.76 Å². The molecular weight excluding hydrogens is 256 g/mol. The van der Waals surface area contributed by atoms with Gasteiger partial charge in [0.25, 0.3) is 0 Å². The van der Waals surface area contributed by atoms with Crippen molar-refractivity contribution in [3.8, 4) is 0 Å². The molecule has 0 saturated carbocycles. The normalized spacial score (nSPS) is 12.5. The zero-order valence-electron chi connectivity index (χ0n) is 12.1. The molecule has 1 amide bonds. The Morgan fingerprint density at radius 1 is 1.30 bits per heavy atom. The lowest BCUT2D eigenvalue weighted by atomic mass is 10.2. The average Bonchev–Trinajstić information content (AvgIpc) is 2.77. The van der Waals surface area contributed by atoms with Crippen molar-refractivity contribution >= 4 is 22.8 Å². The van der Waals surface area contributed by atoms with Crippen LogP contribution in [0.15, 0.2) is 39.9 Å². The quantitative estimate of drug-likeness (QED) is 0.671. The number of furan rings is 1. The van der Waals surface area contributed by atoms with E-state index in [0.29, 0.717) is 11.5 Å². The molecule has 1 aromatic heterocycles. The van der Waals surface area contributed by atoms with Gasteiger partial charge in [0.1, 0.15) is 16.9 Å². The van der Waals surface area contributed by atoms with Crippen molar-refractivity contribution in [2.45, 2.75) is 33.3 Å². The third-order valence-electron chi connectivity index (χ3n) is 2.50. The van der Waals surface area contributed by atoms with Gasteiger partial charge in [0, 0.05) is 5.39 Å². The molecule has 0 aliphatic heterocycles. The van der Waals surface area contributed by atoms with Crippen molar-refractivity contribution in [1.82, 2.24) is 5.43 Å². The Hall–Kier alpha value is -2.30. The van der Waals surface area contributed by atoms with E-state index in [0.717, 1.165) is 11.0 Å². The summed E-state index contributed by atoms with van der Waals surface area (Å²) in [7, 11) is 0. The Morgan fingerprint density at radius 3 is 2.65 bits per heavy atom. The summed E-state index contributed by atoms with van der Waals surface area (Å²) in [5, 5.41) is 4.97. The van der Waals surface area contributed by atoms with E-state index in [-0.39, 0.29) is 0 Å². The number of carbonyl (C=O) groups is 1. The fourth-order valence-electron chi connectivity index (χ4n) is 1.65. The van der Waals surface area contributed by atoms with Gasteiger partial charge in [-0.2, -0.15) is 5.10 Å². The second-order valence-electron chi connectivity index (χ2n) is 5.46. The Balaban J connectivity index is 2.08. The molecule has 1 heterocycles. The van der Waals surface area contributed by atoms with Gasteiger partial charge in [-0.3, -0.25) is 0 Å². The van der Waals surface area contributed by atoms with E-state index in [1.54, 1.807) is 27.7 Å². The standard InChI is InChI=1S/C15H18N2O3/c1-10(16-17-14(18)20-15(2,3)4)13-9-11-7-5-6-8-12(11)19-13/h5-9H,1-4H3,(H,17,18)/b16-10+. The monoisotopic (exact) mass is 274 g/mol. The third-order valence-corrected chi connectivity index (χ3v) is 2.50. The smallest absolute Gasteiger partial charge is 0.428 e. The van der Waals surface area contributed by atoms with Crippen LogP contribution in [0.3, 0.4) is 0 Å². The summed E-state index contributed by atoms with van der Waals surface area (Å²) in [6, 6.07) is 9.56. The van der Waals surface area contributed by atoms with Crippen molar-refractivity contribution in [3.05, 3.63) is 36.1 Å². The number of amides is 1. The van der Waals surface area contributed by atoms with Gasteiger partial charge in [-0.15, -0.1) is 0 Å². The highest BCUT2D eigenvalue weighted by Gasteiger charge is 2.15. The zero-order valence-corrected chi connectivity index (χ0v) is 12.1. The number of carbonyl (C=O) groups excluding carboxylic acids is 1. The number of rotatable bonds is 2. The van der Waals surface area contributed by atoms with Crippen LogP contribution in [0.25, 0.3) is 11.0 Å². The number of nitrogens with zero attached hydrogens (tertiary/aromatic N) is 1. The van der Waals surface area contributed by atoms with Crippen LogP contribution in [0.1, 0.15) is 33.5 Å². The Labute approximate surface area is 117 Å². The third kappa shape index (κ3) is 3.60. The van der Waals surface area contributed by atoms with Crippen LogP contribution in [-0.2, 0) is 4.74 Å². The number of ether oxygens (including phenoxy) is 1. The maximum Gasteiger partial charge on any atom is 0.428 e. The highest BCUT2D eigenvalue weighted by molar-refractivity contribution is 6.00. The number of para-hydroxylation sites is 1. The second-order valence-corrected chi connectivity index (χ2v) is 5.46. The topological polar surface area (TPSA) is 63.8 Å². The minimum absolute atomic E-state index is 0.549. The molecule has 0 atom stereocenters. The van der Waals surface area contributed by atoms with Crippen molar-refractivity contribution < 1.29 is 13.9 Å². The number of hydrogen-bond donors (Lipinski definition) is 1. The highest BCUT2D eigenvalue weighted by atomic mass is 16.6. The Bertz CT molecular complexity index is 617. The molecule has 2 aromatic rings. The molecule has 0 aliphatic carbocycles. The molecule has 20 heavy (non-hydrogen) atoms. The summed E-state index contributed by atoms with van der Waals surface area (Å²) in [5.41, 5.74) is 3.16. The van der Waals surface area contributed by atoms with Crippen LogP contribution in [0.5, 0.6) is 0 Å². The largest absolute Gasteiger partial charge is 0.455 e. The number of fused-ring (bicyclic) bond motifs is 1. The molecule has 0 spiro atoms. The number of benzene rings is 1. The van der Waals surface area contributed by atoms with Crippen LogP contribution >= 0.6 is 0 Å². The summed E-state index contributed by atoms with van der Waals surface area (Å²) in [6.07, 6.45) is -0.590. The predicted molar refractivity (Wildman–Crippen MR) is 77.8 cm³/mol. The number of hydrazone groups is 1. The molecule has 0 radical (unpaired) electrons. The lowest BCUT2D eigenvalue weighted by Gasteiger charge is -2.18. The summed E-state index contributed by atoms with van der Waals surface area (Å²) in [6.45, 7) is 7.14. The molecule has 5 heteroatoms. The van der Waals surface area contributed by atoms with Crippen LogP contribution < -0.4 is 5.43 Å². The van der Waals surface area contributed by atoms with Crippen molar-refractivity contribution in [2.24, 2.45) is 5.10 Å². The van der Waals surface area contributed by atoms with E-state index in [1.165, 1.54) is 0 Å². The Morgan fingerprint density at radius 2 is 2.00 bits per heavy atom. The minimum atomic E-state index is -0.590. The molecule has 106 valence electrons. The first-order valence-electron chi connectivity index (χ1n) is 6.37. The van der Waals surface area contributed by atoms with Crippen LogP contribution in [0.4, 0.5) is 4.79 Å². The van der Waals surface area contributed by atoms with Gasteiger partial charge in [-0.25, -0.2) is 10.2 Å². The van der Waals surface area contributed by atoms with Gasteiger partial charge < -0.3 is 9.15 Å². The summed E-state index contributed by atoms with van der Waals surface area (Å²) < 4.78 is 10.7. The maximum atomic E-state index is 11.5. The SMILES string of the molecule is C/C(=N\NC(=O)OC(C)(C)C)c1cc2ccccc2o1. The lowest BCUT2D eigenvalue weighted by Crippen LogP contribution is -2.30. The summed E-state index contributed by atoms with van der Waals surface area (Å²) in [5.74, 6) is 0.613. The first kappa shape index (κ1) is 14.1. The highest BCUT2D eigenvalue weighted by Crippen LogP contribution is 2.19. The fraction of sp³-hybridized carbons (Fsp3) is 0.333. The van der Waals surface area contributed by atoms with Crippen molar-refractivity contribution in [1.29, 1.82) is 0 Å². The first-order valence-corrected chi connectivity index (χ1v) is 6.37. The average molecular weight is 274 g/mol. The van der Waals surface area contributed by atoms with Crippen molar-refractivity contribution in [3.63, 3.8) is 0 Å². The predicted octanol–water partition coefficient (Wildman–Crippen LogP) is 3.68. The molecule has 5 nitrogen and oxygen atoms in total. The van der Waals surface area contributed by atoms with E-state index in [2.05, 4.69) is 10.5 Å². The van der Waals surface area contributed by atoms with Gasteiger partial charge in [0.2, 0.25) is 0 Å². The summed E-state index contributed by atoms with van der Waals surface area (Å²) in [4.78, 5) is 11.5. The van der Waals surface area contributed by atoms with Crippen molar-refractivity contribution in [2.75, 3.05) is 0 Å². The van der Waals surface area contributed by atoms with E-state index in [1.807, 2.05) is 30.3 Å². The molecular formula is C15H18N2O3. The van der Waals surface area contributed by atoms with Crippen LogP contribution in [-0.4, -0.2) is 17.4 Å². The fourth-order valence-corrected chi connectivity index (χ4v) is 1.65. The van der Waals surface area contributed by atoms with Crippen LogP contribution in [0.2, 0.25) is 0 Å². The molecule has 0 aliphatic rings.